The first-order valence-corrected chi connectivity index (χ1v) is 9.64. The predicted molar refractivity (Wildman–Crippen MR) is 92.9 cm³/mol. The summed E-state index contributed by atoms with van der Waals surface area (Å²) in [4.78, 5) is 24.4. The SMILES string of the molecule is Cc1cc(C)c(S(=O)(=O)N2CCN(C(=O)CCC(=O)O)CC2)c(C)c1. The normalized spacial score (nSPS) is 16.0. The molecule has 2 rings (SSSR count). The average molecular weight is 368 g/mol. The summed E-state index contributed by atoms with van der Waals surface area (Å²) in [5, 5.41) is 8.65. The third-order valence-corrected chi connectivity index (χ3v) is 6.55. The quantitative estimate of drug-likeness (QED) is 0.845. The van der Waals surface area contributed by atoms with Crippen molar-refractivity contribution in [2.24, 2.45) is 0 Å². The van der Waals surface area contributed by atoms with Crippen LogP contribution in [0, 0.1) is 20.8 Å². The van der Waals surface area contributed by atoms with Gasteiger partial charge in [0.2, 0.25) is 15.9 Å². The van der Waals surface area contributed by atoms with E-state index in [4.69, 9.17) is 5.11 Å². The fourth-order valence-electron chi connectivity index (χ4n) is 3.25. The minimum absolute atomic E-state index is 0.0573. The molecule has 1 aliphatic heterocycles. The number of sulfonamides is 1. The number of carbonyl (C=O) groups is 2. The highest BCUT2D eigenvalue weighted by Crippen LogP contribution is 2.26. The van der Waals surface area contributed by atoms with Gasteiger partial charge in [0.25, 0.3) is 0 Å². The molecule has 0 saturated carbocycles. The Kier molecular flexibility index (Phi) is 5.84. The van der Waals surface area contributed by atoms with Gasteiger partial charge in [-0.05, 0) is 31.9 Å². The number of carbonyl (C=O) groups excluding carboxylic acids is 1. The van der Waals surface area contributed by atoms with Crippen LogP contribution in [0.15, 0.2) is 17.0 Å². The summed E-state index contributed by atoms with van der Waals surface area (Å²) in [6, 6.07) is 3.71. The van der Waals surface area contributed by atoms with Crippen LogP contribution in [-0.2, 0) is 19.6 Å². The predicted octanol–water partition coefficient (Wildman–Crippen LogP) is 1.31. The first-order chi connectivity index (χ1) is 11.6. The number of benzene rings is 1. The van der Waals surface area contributed by atoms with Crippen molar-refractivity contribution in [3.05, 3.63) is 28.8 Å². The van der Waals surface area contributed by atoms with Crippen molar-refractivity contribution in [1.82, 2.24) is 9.21 Å². The second kappa shape index (κ2) is 7.53. The van der Waals surface area contributed by atoms with Crippen molar-refractivity contribution < 1.29 is 23.1 Å². The minimum atomic E-state index is -3.61. The fraction of sp³-hybridized carbons (Fsp3) is 0.529. The zero-order valence-corrected chi connectivity index (χ0v) is 15.6. The van der Waals surface area contributed by atoms with Gasteiger partial charge >= 0.3 is 5.97 Å². The molecule has 0 radical (unpaired) electrons. The molecule has 138 valence electrons. The number of hydrogen-bond donors (Lipinski definition) is 1. The molecule has 0 bridgehead atoms. The molecule has 1 aromatic carbocycles. The van der Waals surface area contributed by atoms with Crippen LogP contribution in [0.5, 0.6) is 0 Å². The molecule has 1 aliphatic rings. The van der Waals surface area contributed by atoms with Crippen LogP contribution in [0.1, 0.15) is 29.5 Å². The minimum Gasteiger partial charge on any atom is -0.481 e. The Morgan fingerprint density at radius 3 is 2.00 bits per heavy atom. The number of carboxylic acid groups (broad SMARTS) is 1. The van der Waals surface area contributed by atoms with Gasteiger partial charge < -0.3 is 10.0 Å². The third kappa shape index (κ3) is 4.38. The number of hydrogen-bond acceptors (Lipinski definition) is 4. The van der Waals surface area contributed by atoms with Gasteiger partial charge in [-0.25, -0.2) is 8.42 Å². The van der Waals surface area contributed by atoms with Gasteiger partial charge in [-0.3, -0.25) is 9.59 Å². The number of amides is 1. The molecule has 0 aromatic heterocycles. The van der Waals surface area contributed by atoms with E-state index in [-0.39, 0.29) is 44.9 Å². The maximum absolute atomic E-state index is 13.0. The number of nitrogens with zero attached hydrogens (tertiary/aromatic N) is 2. The Bertz CT molecular complexity index is 757. The second-order valence-electron chi connectivity index (χ2n) is 6.41. The van der Waals surface area contributed by atoms with Crippen LogP contribution in [-0.4, -0.2) is 60.8 Å². The standard InChI is InChI=1S/C17H24N2O5S/c1-12-10-13(2)17(14(3)11-12)25(23,24)19-8-6-18(7-9-19)15(20)4-5-16(21)22/h10-11H,4-9H2,1-3H3,(H,21,22). The van der Waals surface area contributed by atoms with Gasteiger partial charge in [-0.1, -0.05) is 17.7 Å². The van der Waals surface area contributed by atoms with E-state index in [1.54, 1.807) is 13.8 Å². The fourth-order valence-corrected chi connectivity index (χ4v) is 5.09. The molecular weight excluding hydrogens is 344 g/mol. The van der Waals surface area contributed by atoms with Crippen molar-refractivity contribution in [3.8, 4) is 0 Å². The lowest BCUT2D eigenvalue weighted by Gasteiger charge is -2.34. The Labute approximate surface area is 148 Å². The van der Waals surface area contributed by atoms with Gasteiger partial charge in [-0.15, -0.1) is 0 Å². The highest BCUT2D eigenvalue weighted by molar-refractivity contribution is 7.89. The monoisotopic (exact) mass is 368 g/mol. The van der Waals surface area contributed by atoms with E-state index in [1.807, 2.05) is 19.1 Å². The second-order valence-corrected chi connectivity index (χ2v) is 8.28. The lowest BCUT2D eigenvalue weighted by Crippen LogP contribution is -2.50. The number of rotatable bonds is 5. The molecule has 0 atom stereocenters. The van der Waals surface area contributed by atoms with Crippen molar-refractivity contribution >= 4 is 21.9 Å². The van der Waals surface area contributed by atoms with E-state index in [2.05, 4.69) is 0 Å². The molecule has 25 heavy (non-hydrogen) atoms. The highest BCUT2D eigenvalue weighted by Gasteiger charge is 2.32. The van der Waals surface area contributed by atoms with Gasteiger partial charge in [0.1, 0.15) is 0 Å². The lowest BCUT2D eigenvalue weighted by molar-refractivity contribution is -0.141. The summed E-state index contributed by atoms with van der Waals surface area (Å²) in [7, 11) is -3.61. The van der Waals surface area contributed by atoms with E-state index in [1.165, 1.54) is 9.21 Å². The van der Waals surface area contributed by atoms with Crippen molar-refractivity contribution in [2.45, 2.75) is 38.5 Å². The molecule has 0 aliphatic carbocycles. The topological polar surface area (TPSA) is 95.0 Å². The molecule has 1 fully saturated rings. The molecule has 1 saturated heterocycles. The maximum atomic E-state index is 13.0. The summed E-state index contributed by atoms with van der Waals surface area (Å²) in [6.45, 7) is 6.50. The Balaban J connectivity index is 2.10. The highest BCUT2D eigenvalue weighted by atomic mass is 32.2. The van der Waals surface area contributed by atoms with Crippen LogP contribution in [0.2, 0.25) is 0 Å². The molecule has 1 aromatic rings. The van der Waals surface area contributed by atoms with E-state index in [0.717, 1.165) is 16.7 Å². The summed E-state index contributed by atoms with van der Waals surface area (Å²) in [6.07, 6.45) is -0.267. The van der Waals surface area contributed by atoms with Gasteiger partial charge in [0.15, 0.2) is 0 Å². The maximum Gasteiger partial charge on any atom is 0.303 e. The molecule has 8 heteroatoms. The third-order valence-electron chi connectivity index (χ3n) is 4.35. The van der Waals surface area contributed by atoms with E-state index < -0.39 is 16.0 Å². The molecule has 1 amide bonds. The largest absolute Gasteiger partial charge is 0.481 e. The van der Waals surface area contributed by atoms with Gasteiger partial charge in [0, 0.05) is 32.6 Å². The van der Waals surface area contributed by atoms with Crippen LogP contribution >= 0.6 is 0 Å². The first-order valence-electron chi connectivity index (χ1n) is 8.20. The number of carboxylic acids is 1. The summed E-state index contributed by atoms with van der Waals surface area (Å²) >= 11 is 0. The average Bonchev–Trinajstić information content (AvgIpc) is 2.51. The van der Waals surface area contributed by atoms with Crippen LogP contribution < -0.4 is 0 Å². The summed E-state index contributed by atoms with van der Waals surface area (Å²) < 4.78 is 27.4. The first kappa shape index (κ1) is 19.4. The Morgan fingerprint density at radius 2 is 1.52 bits per heavy atom. The smallest absolute Gasteiger partial charge is 0.303 e. The van der Waals surface area contributed by atoms with Gasteiger partial charge in [0.05, 0.1) is 11.3 Å². The molecular formula is C17H24N2O5S. The van der Waals surface area contributed by atoms with Crippen molar-refractivity contribution in [3.63, 3.8) is 0 Å². The molecule has 0 unspecified atom stereocenters. The van der Waals surface area contributed by atoms with E-state index >= 15 is 0 Å². The van der Waals surface area contributed by atoms with Crippen molar-refractivity contribution in [2.75, 3.05) is 26.2 Å². The van der Waals surface area contributed by atoms with Crippen LogP contribution in [0.25, 0.3) is 0 Å². The number of aliphatic carboxylic acids is 1. The summed E-state index contributed by atoms with van der Waals surface area (Å²) in [5.74, 6) is -1.26. The lowest BCUT2D eigenvalue weighted by atomic mass is 10.1. The van der Waals surface area contributed by atoms with E-state index in [9.17, 15) is 18.0 Å². The molecule has 7 nitrogen and oxygen atoms in total. The molecule has 0 spiro atoms. The summed E-state index contributed by atoms with van der Waals surface area (Å²) in [5.41, 5.74) is 2.46. The van der Waals surface area contributed by atoms with Crippen molar-refractivity contribution in [1.29, 1.82) is 0 Å². The molecule has 1 heterocycles. The number of piperazine rings is 1. The zero-order valence-electron chi connectivity index (χ0n) is 14.8. The zero-order chi connectivity index (χ0) is 18.8. The van der Waals surface area contributed by atoms with Crippen LogP contribution in [0.4, 0.5) is 0 Å². The molecule has 1 N–H and O–H groups in total. The Hall–Kier alpha value is -1.93. The number of aryl methyl sites for hydroxylation is 3. The van der Waals surface area contributed by atoms with Gasteiger partial charge in [-0.2, -0.15) is 4.31 Å². The van der Waals surface area contributed by atoms with Crippen LogP contribution in [0.3, 0.4) is 0 Å². The van der Waals surface area contributed by atoms with E-state index in [0.29, 0.717) is 4.90 Å². The Morgan fingerprint density at radius 1 is 1.00 bits per heavy atom.